The van der Waals surface area contributed by atoms with Gasteiger partial charge in [0, 0.05) is 32.2 Å². The number of carbonyl (C=O) groups excluding carboxylic acids is 2. The number of anilines is 2. The van der Waals surface area contributed by atoms with Crippen molar-refractivity contribution in [1.29, 1.82) is 0 Å². The van der Waals surface area contributed by atoms with Crippen LogP contribution in [-0.4, -0.2) is 98.0 Å². The van der Waals surface area contributed by atoms with Crippen LogP contribution in [0.25, 0.3) is 16.9 Å². The number of imidazole rings is 1. The fourth-order valence-corrected chi connectivity index (χ4v) is 5.90. The number of nitrogens with zero attached hydrogens (tertiary/aromatic N) is 8. The number of ether oxygens (including phenoxy) is 1. The Bertz CT molecular complexity index is 1440. The molecule has 41 heavy (non-hydrogen) atoms. The van der Waals surface area contributed by atoms with Crippen LogP contribution in [0.1, 0.15) is 32.2 Å². The molecule has 6 rings (SSSR count). The van der Waals surface area contributed by atoms with Gasteiger partial charge in [0.05, 0.1) is 37.8 Å². The van der Waals surface area contributed by atoms with Crippen LogP contribution in [0, 0.1) is 5.41 Å². The number of alkyl halides is 2. The molecule has 2 saturated heterocycles. The fourth-order valence-electron chi connectivity index (χ4n) is 5.90. The van der Waals surface area contributed by atoms with Gasteiger partial charge in [-0.25, -0.2) is 9.67 Å². The van der Waals surface area contributed by atoms with Gasteiger partial charge < -0.3 is 25.2 Å². The van der Waals surface area contributed by atoms with Crippen LogP contribution in [0.2, 0.25) is 0 Å². The molecule has 2 aliphatic heterocycles. The summed E-state index contributed by atoms with van der Waals surface area (Å²) in [7, 11) is 0. The van der Waals surface area contributed by atoms with Crippen molar-refractivity contribution in [1.82, 2.24) is 39.5 Å². The van der Waals surface area contributed by atoms with E-state index >= 15 is 0 Å². The summed E-state index contributed by atoms with van der Waals surface area (Å²) in [6.45, 7) is 4.32. The lowest BCUT2D eigenvalue weighted by Gasteiger charge is -2.54. The standard InChI is InChI=1S/C26H32F2N10O3/c1-2-20(40)35-7-5-26(6-8-35)4-3-18(26)32-19(39)14-29-22-21-23(34-25(33-22)36-9-11-41-12-10-36)37(16-30-21)17-13-31-38(15-17)24(27)28/h2,13,15-16,18,24H,1,3-12,14H2,(H,32,39)(H,29,33,34). The number of amides is 2. The zero-order chi connectivity index (χ0) is 28.6. The lowest BCUT2D eigenvalue weighted by molar-refractivity contribution is -0.132. The summed E-state index contributed by atoms with van der Waals surface area (Å²) in [5.74, 6) is 0.564. The molecule has 3 fully saturated rings. The van der Waals surface area contributed by atoms with E-state index in [2.05, 4.69) is 32.3 Å². The van der Waals surface area contributed by atoms with Gasteiger partial charge in [-0.1, -0.05) is 6.58 Å². The van der Waals surface area contributed by atoms with Crippen LogP contribution in [0.4, 0.5) is 20.5 Å². The quantitative estimate of drug-likeness (QED) is 0.388. The first kappa shape index (κ1) is 27.1. The number of morpholine rings is 1. The second kappa shape index (κ2) is 11.0. The third kappa shape index (κ3) is 5.21. The molecule has 218 valence electrons. The van der Waals surface area contributed by atoms with Gasteiger partial charge in [-0.2, -0.15) is 23.8 Å². The summed E-state index contributed by atoms with van der Waals surface area (Å²) in [6.07, 6.45) is 8.97. The van der Waals surface area contributed by atoms with Crippen LogP contribution in [0.3, 0.4) is 0 Å². The monoisotopic (exact) mass is 570 g/mol. The van der Waals surface area contributed by atoms with Gasteiger partial charge in [-0.3, -0.25) is 14.2 Å². The van der Waals surface area contributed by atoms with Crippen molar-refractivity contribution in [3.8, 4) is 5.69 Å². The van der Waals surface area contributed by atoms with Crippen LogP contribution >= 0.6 is 0 Å². The number of halogens is 2. The number of hydrogen-bond acceptors (Lipinski definition) is 9. The molecule has 1 unspecified atom stereocenters. The summed E-state index contributed by atoms with van der Waals surface area (Å²) in [5.41, 5.74) is 1.19. The first-order valence-electron chi connectivity index (χ1n) is 13.7. The minimum absolute atomic E-state index is 0.0146. The first-order chi connectivity index (χ1) is 19.9. The Kier molecular flexibility index (Phi) is 7.28. The fraction of sp³-hybridized carbons (Fsp3) is 0.538. The highest BCUT2D eigenvalue weighted by atomic mass is 19.3. The molecule has 0 aromatic carbocycles. The minimum Gasteiger partial charge on any atom is -0.378 e. The molecule has 0 radical (unpaired) electrons. The Balaban J connectivity index is 1.18. The molecule has 3 aromatic rings. The molecular formula is C26H32F2N10O3. The van der Waals surface area contributed by atoms with Crippen molar-refractivity contribution in [2.75, 3.05) is 56.2 Å². The van der Waals surface area contributed by atoms with Gasteiger partial charge in [0.2, 0.25) is 17.8 Å². The predicted octanol–water partition coefficient (Wildman–Crippen LogP) is 1.73. The van der Waals surface area contributed by atoms with Crippen LogP contribution in [-0.2, 0) is 14.3 Å². The lowest BCUT2D eigenvalue weighted by atomic mass is 9.59. The third-order valence-electron chi connectivity index (χ3n) is 8.41. The lowest BCUT2D eigenvalue weighted by Crippen LogP contribution is -2.60. The molecule has 1 spiro atoms. The summed E-state index contributed by atoms with van der Waals surface area (Å²) in [4.78, 5) is 42.6. The van der Waals surface area contributed by atoms with E-state index in [1.807, 2.05) is 4.90 Å². The maximum atomic E-state index is 13.1. The average molecular weight is 571 g/mol. The molecular weight excluding hydrogens is 538 g/mol. The van der Waals surface area contributed by atoms with Crippen LogP contribution < -0.4 is 15.5 Å². The molecule has 15 heteroatoms. The molecule has 3 aliphatic rings. The van der Waals surface area contributed by atoms with E-state index in [4.69, 9.17) is 9.72 Å². The average Bonchev–Trinajstić information content (AvgIpc) is 3.66. The number of aromatic nitrogens is 6. The van der Waals surface area contributed by atoms with Gasteiger partial charge in [-0.05, 0) is 37.2 Å². The molecule has 1 aliphatic carbocycles. The van der Waals surface area contributed by atoms with Gasteiger partial charge >= 0.3 is 6.55 Å². The molecule has 5 heterocycles. The Morgan fingerprint density at radius 3 is 2.61 bits per heavy atom. The molecule has 3 aromatic heterocycles. The van der Waals surface area contributed by atoms with E-state index in [1.165, 1.54) is 24.8 Å². The van der Waals surface area contributed by atoms with E-state index in [1.54, 1.807) is 9.47 Å². The maximum Gasteiger partial charge on any atom is 0.333 e. The van der Waals surface area contributed by atoms with Gasteiger partial charge in [-0.15, -0.1) is 0 Å². The highest BCUT2D eigenvalue weighted by Gasteiger charge is 2.49. The van der Waals surface area contributed by atoms with Crippen molar-refractivity contribution in [3.63, 3.8) is 0 Å². The number of carbonyl (C=O) groups is 2. The Morgan fingerprint density at radius 1 is 1.17 bits per heavy atom. The smallest absolute Gasteiger partial charge is 0.333 e. The highest BCUT2D eigenvalue weighted by Crippen LogP contribution is 2.49. The summed E-state index contributed by atoms with van der Waals surface area (Å²) in [5, 5.41) is 10.0. The molecule has 13 nitrogen and oxygen atoms in total. The van der Waals surface area contributed by atoms with Gasteiger partial charge in [0.1, 0.15) is 6.33 Å². The van der Waals surface area contributed by atoms with E-state index in [0.29, 0.717) is 72.7 Å². The Hall–Kier alpha value is -4.14. The summed E-state index contributed by atoms with van der Waals surface area (Å²) in [6, 6.07) is 0.0534. The van der Waals surface area contributed by atoms with Crippen molar-refractivity contribution in [3.05, 3.63) is 31.4 Å². The van der Waals surface area contributed by atoms with E-state index < -0.39 is 6.55 Å². The van der Waals surface area contributed by atoms with Crippen molar-refractivity contribution < 1.29 is 23.1 Å². The van der Waals surface area contributed by atoms with Crippen molar-refractivity contribution in [2.24, 2.45) is 5.41 Å². The van der Waals surface area contributed by atoms with Crippen molar-refractivity contribution >= 4 is 34.7 Å². The minimum atomic E-state index is -2.77. The zero-order valence-electron chi connectivity index (χ0n) is 22.5. The van der Waals surface area contributed by atoms with Crippen LogP contribution in [0.5, 0.6) is 0 Å². The predicted molar refractivity (Wildman–Crippen MR) is 145 cm³/mol. The SMILES string of the molecule is C=CC(=O)N1CCC2(CCC2NC(=O)CNc2nc(N3CCOCC3)nc3c2ncn3-c2cnn(C(F)F)c2)CC1. The highest BCUT2D eigenvalue weighted by molar-refractivity contribution is 5.89. The molecule has 0 bridgehead atoms. The number of piperidine rings is 1. The zero-order valence-corrected chi connectivity index (χ0v) is 22.5. The van der Waals surface area contributed by atoms with Gasteiger partial charge in [0.25, 0.3) is 0 Å². The number of nitrogens with one attached hydrogen (secondary N) is 2. The maximum absolute atomic E-state index is 13.1. The largest absolute Gasteiger partial charge is 0.378 e. The van der Waals surface area contributed by atoms with E-state index in [-0.39, 0.29) is 29.8 Å². The number of fused-ring (bicyclic) bond motifs is 1. The number of hydrogen-bond donors (Lipinski definition) is 2. The molecule has 1 saturated carbocycles. The molecule has 1 atom stereocenters. The van der Waals surface area contributed by atoms with Crippen molar-refractivity contribution in [2.45, 2.75) is 38.3 Å². The molecule has 2 N–H and O–H groups in total. The Labute approximate surface area is 234 Å². The van der Waals surface area contributed by atoms with E-state index in [0.717, 1.165) is 25.7 Å². The summed E-state index contributed by atoms with van der Waals surface area (Å²) < 4.78 is 33.9. The second-order valence-corrected chi connectivity index (χ2v) is 10.6. The van der Waals surface area contributed by atoms with E-state index in [9.17, 15) is 18.4 Å². The number of likely N-dealkylation sites (tertiary alicyclic amines) is 1. The van der Waals surface area contributed by atoms with Gasteiger partial charge in [0.15, 0.2) is 17.0 Å². The Morgan fingerprint density at radius 2 is 1.95 bits per heavy atom. The topological polar surface area (TPSA) is 135 Å². The first-order valence-corrected chi connectivity index (χ1v) is 13.7. The molecule has 2 amide bonds. The second-order valence-electron chi connectivity index (χ2n) is 10.6. The van der Waals surface area contributed by atoms with Crippen LogP contribution in [0.15, 0.2) is 31.4 Å². The summed E-state index contributed by atoms with van der Waals surface area (Å²) >= 11 is 0. The third-order valence-corrected chi connectivity index (χ3v) is 8.41. The normalized spacial score (nSPS) is 20.3. The number of rotatable bonds is 8.